The van der Waals surface area contributed by atoms with Crippen LogP contribution in [-0.2, 0) is 6.42 Å². The Morgan fingerprint density at radius 2 is 2.12 bits per heavy atom. The minimum Gasteiger partial charge on any atom is -0.493 e. The van der Waals surface area contributed by atoms with E-state index in [1.54, 1.807) is 6.21 Å². The number of aromatic amines is 1. The van der Waals surface area contributed by atoms with Crippen LogP contribution in [0.3, 0.4) is 0 Å². The van der Waals surface area contributed by atoms with Gasteiger partial charge in [0.15, 0.2) is 0 Å². The number of H-pyrrole nitrogens is 1. The van der Waals surface area contributed by atoms with Crippen LogP contribution in [0.25, 0.3) is 0 Å². The number of hydrazone groups is 1. The van der Waals surface area contributed by atoms with Crippen LogP contribution in [0.4, 0.5) is 5.95 Å². The summed E-state index contributed by atoms with van der Waals surface area (Å²) in [6.45, 7) is 4.85. The molecule has 2 N–H and O–H groups in total. The molecule has 6 nitrogen and oxygen atoms in total. The summed E-state index contributed by atoms with van der Waals surface area (Å²) in [6.07, 6.45) is 5.45. The number of hydrogen-bond donors (Lipinski definition) is 2. The van der Waals surface area contributed by atoms with Gasteiger partial charge in [-0.3, -0.25) is 9.78 Å². The lowest BCUT2D eigenvalue weighted by Crippen LogP contribution is -2.12. The Morgan fingerprint density at radius 3 is 2.92 bits per heavy atom. The van der Waals surface area contributed by atoms with Gasteiger partial charge in [-0.1, -0.05) is 38.8 Å². The van der Waals surface area contributed by atoms with E-state index < -0.39 is 0 Å². The van der Waals surface area contributed by atoms with Crippen molar-refractivity contribution in [2.24, 2.45) is 5.10 Å². The third kappa shape index (κ3) is 5.53. The molecule has 0 bridgehead atoms. The van der Waals surface area contributed by atoms with Gasteiger partial charge < -0.3 is 4.74 Å². The average Bonchev–Trinajstić information content (AvgIpc) is 2.56. The van der Waals surface area contributed by atoms with E-state index in [4.69, 9.17) is 4.74 Å². The SMILES string of the molecule is CCCCOc1ccccc1/C=N/Nc1nc(CCC)cc(=O)[nH]1. The van der Waals surface area contributed by atoms with E-state index in [-0.39, 0.29) is 5.56 Å². The lowest BCUT2D eigenvalue weighted by molar-refractivity contribution is 0.309. The Balaban J connectivity index is 2.05. The highest BCUT2D eigenvalue weighted by Gasteiger charge is 2.01. The maximum Gasteiger partial charge on any atom is 0.252 e. The normalized spacial score (nSPS) is 10.9. The van der Waals surface area contributed by atoms with Gasteiger partial charge in [-0.05, 0) is 25.0 Å². The Morgan fingerprint density at radius 1 is 1.29 bits per heavy atom. The first-order valence-electron chi connectivity index (χ1n) is 8.34. The number of unbranched alkanes of at least 4 members (excludes halogenated alkanes) is 1. The molecule has 0 radical (unpaired) electrons. The molecule has 6 heteroatoms. The molecule has 0 unspecified atom stereocenters. The van der Waals surface area contributed by atoms with Crippen molar-refractivity contribution in [2.75, 3.05) is 12.0 Å². The number of aromatic nitrogens is 2. The average molecular weight is 328 g/mol. The summed E-state index contributed by atoms with van der Waals surface area (Å²) in [5, 5.41) is 4.16. The summed E-state index contributed by atoms with van der Waals surface area (Å²) in [4.78, 5) is 18.6. The summed E-state index contributed by atoms with van der Waals surface area (Å²) >= 11 is 0. The molecule has 128 valence electrons. The first-order valence-corrected chi connectivity index (χ1v) is 8.34. The number of rotatable bonds is 9. The van der Waals surface area contributed by atoms with E-state index in [0.29, 0.717) is 12.6 Å². The van der Waals surface area contributed by atoms with Gasteiger partial charge in [-0.25, -0.2) is 10.4 Å². The molecule has 2 rings (SSSR count). The summed E-state index contributed by atoms with van der Waals surface area (Å²) in [5.74, 6) is 1.13. The lowest BCUT2D eigenvalue weighted by atomic mass is 10.2. The summed E-state index contributed by atoms with van der Waals surface area (Å²) in [5.41, 5.74) is 4.21. The van der Waals surface area contributed by atoms with Crippen molar-refractivity contribution in [1.29, 1.82) is 0 Å². The third-order valence-corrected chi connectivity index (χ3v) is 3.35. The number of nitrogens with one attached hydrogen (secondary N) is 2. The number of para-hydroxylation sites is 1. The lowest BCUT2D eigenvalue weighted by Gasteiger charge is -2.08. The number of anilines is 1. The molecule has 0 saturated heterocycles. The van der Waals surface area contributed by atoms with Gasteiger partial charge >= 0.3 is 0 Å². The van der Waals surface area contributed by atoms with Crippen LogP contribution >= 0.6 is 0 Å². The van der Waals surface area contributed by atoms with Gasteiger partial charge in [0.2, 0.25) is 5.95 Å². The number of hydrogen-bond acceptors (Lipinski definition) is 5. The minimum absolute atomic E-state index is 0.186. The van der Waals surface area contributed by atoms with Crippen LogP contribution in [0.5, 0.6) is 5.75 Å². The van der Waals surface area contributed by atoms with Crippen LogP contribution in [-0.4, -0.2) is 22.8 Å². The maximum atomic E-state index is 11.6. The van der Waals surface area contributed by atoms with E-state index in [1.807, 2.05) is 31.2 Å². The molecular weight excluding hydrogens is 304 g/mol. The highest BCUT2D eigenvalue weighted by molar-refractivity contribution is 5.83. The molecule has 0 saturated carbocycles. The van der Waals surface area contributed by atoms with E-state index in [9.17, 15) is 4.79 Å². The van der Waals surface area contributed by atoms with Gasteiger partial charge in [-0.2, -0.15) is 5.10 Å². The standard InChI is InChI=1S/C18H24N4O2/c1-3-5-11-24-16-10-7-6-9-14(16)13-19-22-18-20-15(8-4-2)12-17(23)21-18/h6-7,9-10,12-13H,3-5,8,11H2,1-2H3,(H2,20,21,22,23)/b19-13+. The fourth-order valence-electron chi connectivity index (χ4n) is 2.15. The van der Waals surface area contributed by atoms with Crippen LogP contribution in [0, 0.1) is 0 Å². The number of benzene rings is 1. The first-order chi connectivity index (χ1) is 11.7. The molecule has 1 heterocycles. The molecule has 1 aromatic carbocycles. The third-order valence-electron chi connectivity index (χ3n) is 3.35. The monoisotopic (exact) mass is 328 g/mol. The zero-order chi connectivity index (χ0) is 17.2. The van der Waals surface area contributed by atoms with Crippen LogP contribution in [0.15, 0.2) is 40.2 Å². The highest BCUT2D eigenvalue weighted by Crippen LogP contribution is 2.16. The number of nitrogens with zero attached hydrogens (tertiary/aromatic N) is 2. The zero-order valence-corrected chi connectivity index (χ0v) is 14.2. The van der Waals surface area contributed by atoms with Crippen molar-refractivity contribution in [3.63, 3.8) is 0 Å². The molecule has 2 aromatic rings. The topological polar surface area (TPSA) is 79.4 Å². The predicted molar refractivity (Wildman–Crippen MR) is 96.9 cm³/mol. The van der Waals surface area contributed by atoms with E-state index in [0.717, 1.165) is 42.7 Å². The molecule has 24 heavy (non-hydrogen) atoms. The van der Waals surface area contributed by atoms with Crippen LogP contribution < -0.4 is 15.7 Å². The fourth-order valence-corrected chi connectivity index (χ4v) is 2.15. The molecule has 0 aliphatic carbocycles. The Hall–Kier alpha value is -2.63. The predicted octanol–water partition coefficient (Wildman–Crippen LogP) is 3.35. The first kappa shape index (κ1) is 17.7. The van der Waals surface area contributed by atoms with Crippen molar-refractivity contribution in [2.45, 2.75) is 39.5 Å². The quantitative estimate of drug-likeness (QED) is 0.420. The van der Waals surface area contributed by atoms with E-state index in [1.165, 1.54) is 6.07 Å². The van der Waals surface area contributed by atoms with Crippen molar-refractivity contribution >= 4 is 12.2 Å². The molecule has 0 aliphatic heterocycles. The van der Waals surface area contributed by atoms with Crippen molar-refractivity contribution in [3.05, 3.63) is 51.9 Å². The second-order valence-electron chi connectivity index (χ2n) is 5.45. The minimum atomic E-state index is -0.186. The fraction of sp³-hybridized carbons (Fsp3) is 0.389. The second-order valence-corrected chi connectivity index (χ2v) is 5.45. The van der Waals surface area contributed by atoms with Gasteiger partial charge in [0, 0.05) is 17.3 Å². The van der Waals surface area contributed by atoms with Gasteiger partial charge in [-0.15, -0.1) is 0 Å². The second kappa shape index (κ2) is 9.50. The van der Waals surface area contributed by atoms with Crippen molar-refractivity contribution in [3.8, 4) is 5.75 Å². The Bertz CT molecular complexity index is 725. The Kier molecular flexibility index (Phi) is 7.01. The van der Waals surface area contributed by atoms with Crippen LogP contribution in [0.2, 0.25) is 0 Å². The van der Waals surface area contributed by atoms with Gasteiger partial charge in [0.1, 0.15) is 5.75 Å². The number of ether oxygens (including phenoxy) is 1. The van der Waals surface area contributed by atoms with E-state index in [2.05, 4.69) is 27.4 Å². The molecule has 0 amide bonds. The number of aryl methyl sites for hydroxylation is 1. The molecule has 0 fully saturated rings. The zero-order valence-electron chi connectivity index (χ0n) is 14.2. The molecule has 0 aliphatic rings. The van der Waals surface area contributed by atoms with Crippen molar-refractivity contribution in [1.82, 2.24) is 9.97 Å². The molecule has 0 spiro atoms. The Labute approximate surface area is 142 Å². The van der Waals surface area contributed by atoms with Gasteiger partial charge in [0.05, 0.1) is 12.8 Å². The largest absolute Gasteiger partial charge is 0.493 e. The van der Waals surface area contributed by atoms with Crippen LogP contribution in [0.1, 0.15) is 44.4 Å². The molecule has 1 aromatic heterocycles. The smallest absolute Gasteiger partial charge is 0.252 e. The molecule has 0 atom stereocenters. The summed E-state index contributed by atoms with van der Waals surface area (Å²) in [7, 11) is 0. The van der Waals surface area contributed by atoms with Gasteiger partial charge in [0.25, 0.3) is 5.56 Å². The van der Waals surface area contributed by atoms with E-state index >= 15 is 0 Å². The molecular formula is C18H24N4O2. The summed E-state index contributed by atoms with van der Waals surface area (Å²) < 4.78 is 5.76. The van der Waals surface area contributed by atoms with Crippen molar-refractivity contribution < 1.29 is 4.74 Å². The summed E-state index contributed by atoms with van der Waals surface area (Å²) in [6, 6.07) is 9.21. The highest BCUT2D eigenvalue weighted by atomic mass is 16.5. The maximum absolute atomic E-state index is 11.6.